The third kappa shape index (κ3) is 2.28. The van der Waals surface area contributed by atoms with Crippen molar-refractivity contribution in [3.8, 4) is 0 Å². The summed E-state index contributed by atoms with van der Waals surface area (Å²) in [5.41, 5.74) is -1.20. The number of aryl methyl sites for hydroxylation is 1. The predicted molar refractivity (Wildman–Crippen MR) is 84.3 cm³/mol. The Labute approximate surface area is 135 Å². The van der Waals surface area contributed by atoms with Gasteiger partial charge in [-0.2, -0.15) is 12.5 Å². The van der Waals surface area contributed by atoms with Gasteiger partial charge in [0.05, 0.1) is 11.1 Å². The largest absolute Gasteiger partial charge is 0.332 e. The summed E-state index contributed by atoms with van der Waals surface area (Å²) in [6.45, 7) is 0. The van der Waals surface area contributed by atoms with Crippen molar-refractivity contribution >= 4 is 32.7 Å². The van der Waals surface area contributed by atoms with Gasteiger partial charge in [0, 0.05) is 19.1 Å². The Bertz CT molecular complexity index is 1140. The van der Waals surface area contributed by atoms with Crippen LogP contribution in [0.5, 0.6) is 0 Å². The molecule has 0 amide bonds. The van der Waals surface area contributed by atoms with Crippen LogP contribution in [0.1, 0.15) is 0 Å². The Balaban J connectivity index is 2.32. The first-order valence-electron chi connectivity index (χ1n) is 6.40. The topological polar surface area (TPSA) is 96.0 Å². The lowest BCUT2D eigenvalue weighted by Crippen LogP contribution is -2.36. The fourth-order valence-electron chi connectivity index (χ4n) is 2.16. The fraction of sp³-hybridized carbons (Fsp3) is 0.154. The lowest BCUT2D eigenvalue weighted by atomic mass is 10.4. The Morgan fingerprint density at radius 1 is 1.04 bits per heavy atom. The zero-order chi connectivity index (χ0) is 16.9. The molecule has 2 aromatic heterocycles. The molecular formula is C13H11ClN4O4S. The van der Waals surface area contributed by atoms with E-state index >= 15 is 0 Å². The van der Waals surface area contributed by atoms with Crippen molar-refractivity contribution in [1.29, 1.82) is 0 Å². The first kappa shape index (κ1) is 15.5. The van der Waals surface area contributed by atoms with E-state index < -0.39 is 21.3 Å². The molecule has 0 unspecified atom stereocenters. The van der Waals surface area contributed by atoms with E-state index in [1.54, 1.807) is 0 Å². The summed E-state index contributed by atoms with van der Waals surface area (Å²) < 4.78 is 27.8. The first-order chi connectivity index (χ1) is 10.7. The second-order valence-corrected chi connectivity index (χ2v) is 7.14. The van der Waals surface area contributed by atoms with Crippen LogP contribution in [0.2, 0.25) is 5.02 Å². The fourth-order valence-corrected chi connectivity index (χ4v) is 3.41. The van der Waals surface area contributed by atoms with Gasteiger partial charge in [-0.05, 0) is 24.3 Å². The number of rotatable bonds is 2. The quantitative estimate of drug-likeness (QED) is 0.660. The van der Waals surface area contributed by atoms with Gasteiger partial charge in [0.15, 0.2) is 5.65 Å². The number of aromatic nitrogens is 4. The number of nitrogens with zero attached hydrogens (tertiary/aromatic N) is 4. The first-order valence-corrected chi connectivity index (χ1v) is 8.22. The van der Waals surface area contributed by atoms with E-state index in [2.05, 4.69) is 5.10 Å². The maximum atomic E-state index is 12.6. The van der Waals surface area contributed by atoms with Gasteiger partial charge in [0.2, 0.25) is 0 Å². The molecule has 0 aliphatic rings. The second-order valence-electron chi connectivity index (χ2n) is 4.90. The summed E-state index contributed by atoms with van der Waals surface area (Å²) in [5.74, 6) is 0. The van der Waals surface area contributed by atoms with Crippen molar-refractivity contribution in [1.82, 2.24) is 18.3 Å². The Morgan fingerprint density at radius 2 is 1.65 bits per heavy atom. The zero-order valence-corrected chi connectivity index (χ0v) is 13.7. The average Bonchev–Trinajstić information content (AvgIpc) is 2.97. The van der Waals surface area contributed by atoms with E-state index in [9.17, 15) is 18.0 Å². The maximum Gasteiger partial charge on any atom is 0.332 e. The van der Waals surface area contributed by atoms with Crippen LogP contribution in [-0.2, 0) is 24.1 Å². The van der Waals surface area contributed by atoms with Crippen LogP contribution in [0.4, 0.5) is 0 Å². The SMILES string of the molecule is Cn1c(=O)c2cn(S(=O)(=O)c3ccc(Cl)cc3)nc2n(C)c1=O. The van der Waals surface area contributed by atoms with Crippen LogP contribution in [0.15, 0.2) is 44.9 Å². The molecule has 0 aliphatic heterocycles. The van der Waals surface area contributed by atoms with Crippen molar-refractivity contribution in [2.75, 3.05) is 0 Å². The Kier molecular flexibility index (Phi) is 3.42. The molecule has 0 bridgehead atoms. The monoisotopic (exact) mass is 354 g/mol. The molecule has 0 fully saturated rings. The molecule has 2 heterocycles. The second kappa shape index (κ2) is 5.07. The van der Waals surface area contributed by atoms with Crippen molar-refractivity contribution in [2.45, 2.75) is 4.90 Å². The van der Waals surface area contributed by atoms with Gasteiger partial charge in [-0.3, -0.25) is 13.9 Å². The van der Waals surface area contributed by atoms with E-state index in [-0.39, 0.29) is 15.9 Å². The molecule has 1 aromatic carbocycles. The number of benzene rings is 1. The van der Waals surface area contributed by atoms with Gasteiger partial charge < -0.3 is 0 Å². The number of hydrogen-bond acceptors (Lipinski definition) is 5. The van der Waals surface area contributed by atoms with E-state index in [1.165, 1.54) is 38.4 Å². The van der Waals surface area contributed by atoms with Gasteiger partial charge in [0.25, 0.3) is 15.6 Å². The number of fused-ring (bicyclic) bond motifs is 1. The summed E-state index contributed by atoms with van der Waals surface area (Å²) in [6.07, 6.45) is 1.10. The Hall–Kier alpha value is -2.39. The van der Waals surface area contributed by atoms with E-state index in [0.717, 1.165) is 15.3 Å². The minimum Gasteiger partial charge on any atom is -0.279 e. The molecular weight excluding hydrogens is 344 g/mol. The van der Waals surface area contributed by atoms with Gasteiger partial charge in [-0.25, -0.2) is 4.79 Å². The Morgan fingerprint density at radius 3 is 2.26 bits per heavy atom. The molecule has 0 aliphatic carbocycles. The molecule has 0 saturated heterocycles. The molecule has 8 nitrogen and oxygen atoms in total. The highest BCUT2D eigenvalue weighted by Gasteiger charge is 2.21. The molecule has 0 spiro atoms. The number of hydrogen-bond donors (Lipinski definition) is 0. The van der Waals surface area contributed by atoms with Crippen molar-refractivity contribution < 1.29 is 8.42 Å². The molecule has 0 atom stereocenters. The van der Waals surface area contributed by atoms with E-state index in [4.69, 9.17) is 11.6 Å². The van der Waals surface area contributed by atoms with Gasteiger partial charge in [0.1, 0.15) is 5.39 Å². The molecule has 120 valence electrons. The summed E-state index contributed by atoms with van der Waals surface area (Å²) in [6, 6.07) is 5.54. The highest BCUT2D eigenvalue weighted by molar-refractivity contribution is 7.89. The summed E-state index contributed by atoms with van der Waals surface area (Å²) >= 11 is 5.75. The standard InChI is InChI=1S/C13H11ClN4O4S/c1-16-11-10(12(19)17(2)13(16)20)7-18(15-11)23(21,22)9-5-3-8(14)4-6-9/h3-7H,1-2H3. The van der Waals surface area contributed by atoms with Crippen LogP contribution in [0.25, 0.3) is 11.0 Å². The average molecular weight is 355 g/mol. The van der Waals surface area contributed by atoms with Crippen LogP contribution < -0.4 is 11.2 Å². The van der Waals surface area contributed by atoms with E-state index in [0.29, 0.717) is 9.11 Å². The third-order valence-electron chi connectivity index (χ3n) is 3.46. The molecule has 0 radical (unpaired) electrons. The van der Waals surface area contributed by atoms with Crippen LogP contribution >= 0.6 is 11.6 Å². The lowest BCUT2D eigenvalue weighted by Gasteiger charge is -2.03. The zero-order valence-electron chi connectivity index (χ0n) is 12.1. The van der Waals surface area contributed by atoms with Crippen LogP contribution in [-0.4, -0.2) is 26.7 Å². The molecule has 3 rings (SSSR count). The number of halogens is 1. The van der Waals surface area contributed by atoms with Crippen LogP contribution in [0, 0.1) is 0 Å². The third-order valence-corrected chi connectivity index (χ3v) is 5.26. The molecule has 0 N–H and O–H groups in total. The summed E-state index contributed by atoms with van der Waals surface area (Å²) in [4.78, 5) is 24.0. The minimum absolute atomic E-state index is 0.00404. The van der Waals surface area contributed by atoms with Gasteiger partial charge in [-0.15, -0.1) is 5.10 Å². The van der Waals surface area contributed by atoms with Crippen molar-refractivity contribution in [3.05, 3.63) is 56.3 Å². The van der Waals surface area contributed by atoms with Crippen molar-refractivity contribution in [3.63, 3.8) is 0 Å². The normalized spacial score (nSPS) is 12.0. The minimum atomic E-state index is -3.99. The molecule has 10 heteroatoms. The van der Waals surface area contributed by atoms with Crippen molar-refractivity contribution in [2.24, 2.45) is 14.1 Å². The highest BCUT2D eigenvalue weighted by atomic mass is 35.5. The molecule has 0 saturated carbocycles. The van der Waals surface area contributed by atoms with E-state index in [1.807, 2.05) is 0 Å². The maximum absolute atomic E-state index is 12.6. The smallest absolute Gasteiger partial charge is 0.279 e. The lowest BCUT2D eigenvalue weighted by molar-refractivity contribution is 0.580. The summed E-state index contributed by atoms with van der Waals surface area (Å²) in [7, 11) is -1.27. The highest BCUT2D eigenvalue weighted by Crippen LogP contribution is 2.18. The summed E-state index contributed by atoms with van der Waals surface area (Å²) in [5, 5.41) is 4.32. The predicted octanol–water partition coefficient (Wildman–Crippen LogP) is 0.324. The molecule has 3 aromatic rings. The van der Waals surface area contributed by atoms with Gasteiger partial charge >= 0.3 is 5.69 Å². The van der Waals surface area contributed by atoms with Gasteiger partial charge in [-0.1, -0.05) is 11.6 Å². The molecule has 23 heavy (non-hydrogen) atoms. The van der Waals surface area contributed by atoms with Crippen LogP contribution in [0.3, 0.4) is 0 Å².